The van der Waals surface area contributed by atoms with Gasteiger partial charge >= 0.3 is 0 Å². The van der Waals surface area contributed by atoms with Gasteiger partial charge in [0, 0.05) is 30.3 Å². The van der Waals surface area contributed by atoms with Gasteiger partial charge in [0.1, 0.15) is 0 Å². The lowest BCUT2D eigenvalue weighted by Crippen LogP contribution is -2.13. The summed E-state index contributed by atoms with van der Waals surface area (Å²) in [5.74, 6) is -0.0317. The van der Waals surface area contributed by atoms with Crippen molar-refractivity contribution in [2.24, 2.45) is 0 Å². The van der Waals surface area contributed by atoms with Crippen molar-refractivity contribution in [2.75, 3.05) is 26.0 Å². The van der Waals surface area contributed by atoms with Crippen LogP contribution in [0.1, 0.15) is 30.1 Å². The zero-order valence-electron chi connectivity index (χ0n) is 12.3. The van der Waals surface area contributed by atoms with Crippen molar-refractivity contribution in [2.45, 2.75) is 19.8 Å². The van der Waals surface area contributed by atoms with Crippen LogP contribution in [-0.2, 0) is 4.79 Å². The Hall–Kier alpha value is -1.94. The highest BCUT2D eigenvalue weighted by Crippen LogP contribution is 2.12. The van der Waals surface area contributed by atoms with Crippen molar-refractivity contribution in [3.8, 4) is 0 Å². The molecule has 0 saturated heterocycles. The largest absolute Gasteiger partial charge is 0.323 e. The first kappa shape index (κ1) is 16.1. The molecule has 0 aromatic heterocycles. The van der Waals surface area contributed by atoms with Gasteiger partial charge in [-0.2, -0.15) is 0 Å². The summed E-state index contributed by atoms with van der Waals surface area (Å²) in [6, 6.07) is 7.00. The average molecular weight is 274 g/mol. The highest BCUT2D eigenvalue weighted by atomic mass is 16.1. The van der Waals surface area contributed by atoms with Crippen LogP contribution in [0.3, 0.4) is 0 Å². The van der Waals surface area contributed by atoms with Crippen LogP contribution in [-0.4, -0.2) is 37.2 Å². The summed E-state index contributed by atoms with van der Waals surface area (Å²) in [5, 5.41) is 2.76. The molecule has 4 nitrogen and oxygen atoms in total. The second-order valence-electron chi connectivity index (χ2n) is 4.90. The summed E-state index contributed by atoms with van der Waals surface area (Å²) in [6.45, 7) is 2.70. The van der Waals surface area contributed by atoms with Crippen LogP contribution >= 0.6 is 0 Å². The molecule has 1 aromatic rings. The standard InChI is InChI=1S/C16H22N2O2/c1-4-6-15(19)13-8-10-14(11-9-13)17-16(20)7-5-12-18(2)3/h5,7-11H,4,6,12H2,1-3H3,(H,17,20). The Morgan fingerprint density at radius 1 is 1.20 bits per heavy atom. The molecule has 0 bridgehead atoms. The highest BCUT2D eigenvalue weighted by molar-refractivity contribution is 6.00. The number of anilines is 1. The fourth-order valence-corrected chi connectivity index (χ4v) is 1.67. The SMILES string of the molecule is CCCC(=O)c1ccc(NC(=O)C=CCN(C)C)cc1. The van der Waals surface area contributed by atoms with Crippen LogP contribution in [0, 0.1) is 0 Å². The molecule has 1 aromatic carbocycles. The summed E-state index contributed by atoms with van der Waals surface area (Å²) in [6.07, 6.45) is 4.71. The Bertz CT molecular complexity index is 476. The van der Waals surface area contributed by atoms with E-state index in [1.807, 2.05) is 25.9 Å². The second-order valence-corrected chi connectivity index (χ2v) is 4.90. The van der Waals surface area contributed by atoms with E-state index >= 15 is 0 Å². The highest BCUT2D eigenvalue weighted by Gasteiger charge is 2.04. The lowest BCUT2D eigenvalue weighted by atomic mass is 10.1. The average Bonchev–Trinajstić information content (AvgIpc) is 2.39. The molecular weight excluding hydrogens is 252 g/mol. The van der Waals surface area contributed by atoms with Gasteiger partial charge in [0.15, 0.2) is 5.78 Å². The van der Waals surface area contributed by atoms with E-state index in [2.05, 4.69) is 5.32 Å². The van der Waals surface area contributed by atoms with Crippen molar-refractivity contribution in [3.63, 3.8) is 0 Å². The number of ketones is 1. The molecule has 1 rings (SSSR count). The van der Waals surface area contributed by atoms with E-state index in [1.54, 1.807) is 30.3 Å². The fourth-order valence-electron chi connectivity index (χ4n) is 1.67. The number of benzene rings is 1. The maximum Gasteiger partial charge on any atom is 0.248 e. The summed E-state index contributed by atoms with van der Waals surface area (Å²) in [5.41, 5.74) is 1.38. The minimum absolute atomic E-state index is 0.135. The number of hydrogen-bond donors (Lipinski definition) is 1. The number of carbonyl (C=O) groups excluding carboxylic acids is 2. The number of hydrogen-bond acceptors (Lipinski definition) is 3. The third kappa shape index (κ3) is 5.80. The van der Waals surface area contributed by atoms with Crippen molar-refractivity contribution >= 4 is 17.4 Å². The Labute approximate surface area is 120 Å². The third-order valence-corrected chi connectivity index (χ3v) is 2.69. The smallest absolute Gasteiger partial charge is 0.248 e. The van der Waals surface area contributed by atoms with Crippen LogP contribution in [0.15, 0.2) is 36.4 Å². The quantitative estimate of drug-likeness (QED) is 0.614. The number of carbonyl (C=O) groups is 2. The second kappa shape index (κ2) is 8.27. The molecule has 1 N–H and O–H groups in total. The maximum atomic E-state index is 11.7. The normalized spacial score (nSPS) is 11.0. The lowest BCUT2D eigenvalue weighted by molar-refractivity contribution is -0.111. The van der Waals surface area contributed by atoms with E-state index in [1.165, 1.54) is 6.08 Å². The predicted octanol–water partition coefficient (Wildman–Crippen LogP) is 2.73. The Morgan fingerprint density at radius 2 is 1.85 bits per heavy atom. The maximum absolute atomic E-state index is 11.7. The van der Waals surface area contributed by atoms with Crippen LogP contribution in [0.4, 0.5) is 5.69 Å². The van der Waals surface area contributed by atoms with E-state index in [9.17, 15) is 9.59 Å². The minimum atomic E-state index is -0.167. The number of likely N-dealkylation sites (N-methyl/N-ethyl adjacent to an activating group) is 1. The van der Waals surface area contributed by atoms with E-state index in [0.29, 0.717) is 17.7 Å². The van der Waals surface area contributed by atoms with Gasteiger partial charge in [-0.25, -0.2) is 0 Å². The van der Waals surface area contributed by atoms with Gasteiger partial charge < -0.3 is 10.2 Å². The molecular formula is C16H22N2O2. The number of rotatable bonds is 7. The number of Topliss-reactive ketones (excluding diaryl/α,β-unsaturated/α-hetero) is 1. The molecule has 0 heterocycles. The van der Waals surface area contributed by atoms with Crippen molar-refractivity contribution < 1.29 is 9.59 Å². The minimum Gasteiger partial charge on any atom is -0.323 e. The predicted molar refractivity (Wildman–Crippen MR) is 82.0 cm³/mol. The molecule has 0 spiro atoms. The van der Waals surface area contributed by atoms with Gasteiger partial charge in [0.25, 0.3) is 0 Å². The molecule has 0 radical (unpaired) electrons. The van der Waals surface area contributed by atoms with Crippen LogP contribution in [0.2, 0.25) is 0 Å². The first-order valence-corrected chi connectivity index (χ1v) is 6.78. The third-order valence-electron chi connectivity index (χ3n) is 2.69. The van der Waals surface area contributed by atoms with Gasteiger partial charge in [0.05, 0.1) is 0 Å². The first-order chi connectivity index (χ1) is 9.52. The molecule has 0 fully saturated rings. The monoisotopic (exact) mass is 274 g/mol. The molecule has 4 heteroatoms. The van der Waals surface area contributed by atoms with E-state index in [-0.39, 0.29) is 11.7 Å². The van der Waals surface area contributed by atoms with Crippen molar-refractivity contribution in [1.82, 2.24) is 4.90 Å². The Balaban J connectivity index is 2.55. The van der Waals surface area contributed by atoms with Crippen LogP contribution < -0.4 is 5.32 Å². The van der Waals surface area contributed by atoms with E-state index in [0.717, 1.165) is 13.0 Å². The van der Waals surface area contributed by atoms with Crippen molar-refractivity contribution in [1.29, 1.82) is 0 Å². The Kier molecular flexibility index (Phi) is 6.67. The molecule has 0 aliphatic carbocycles. The molecule has 0 saturated carbocycles. The molecule has 0 atom stereocenters. The van der Waals surface area contributed by atoms with Gasteiger partial charge in [-0.1, -0.05) is 13.0 Å². The van der Waals surface area contributed by atoms with Gasteiger partial charge in [-0.05, 0) is 44.8 Å². The van der Waals surface area contributed by atoms with Crippen LogP contribution in [0.25, 0.3) is 0 Å². The molecule has 0 aliphatic heterocycles. The summed E-state index contributed by atoms with van der Waals surface area (Å²) in [4.78, 5) is 25.3. The molecule has 108 valence electrons. The van der Waals surface area contributed by atoms with Gasteiger partial charge in [-0.15, -0.1) is 0 Å². The topological polar surface area (TPSA) is 49.4 Å². The summed E-state index contributed by atoms with van der Waals surface area (Å²) in [7, 11) is 3.88. The van der Waals surface area contributed by atoms with Crippen LogP contribution in [0.5, 0.6) is 0 Å². The van der Waals surface area contributed by atoms with Crippen molar-refractivity contribution in [3.05, 3.63) is 42.0 Å². The molecule has 0 aliphatic rings. The van der Waals surface area contributed by atoms with Gasteiger partial charge in [-0.3, -0.25) is 9.59 Å². The number of nitrogens with zero attached hydrogens (tertiary/aromatic N) is 1. The van der Waals surface area contributed by atoms with E-state index < -0.39 is 0 Å². The Morgan fingerprint density at radius 3 is 2.40 bits per heavy atom. The summed E-state index contributed by atoms with van der Waals surface area (Å²) < 4.78 is 0. The van der Waals surface area contributed by atoms with Gasteiger partial charge in [0.2, 0.25) is 5.91 Å². The molecule has 20 heavy (non-hydrogen) atoms. The molecule has 1 amide bonds. The van der Waals surface area contributed by atoms with E-state index in [4.69, 9.17) is 0 Å². The number of amides is 1. The lowest BCUT2D eigenvalue weighted by Gasteiger charge is -2.05. The molecule has 0 unspecified atom stereocenters. The summed E-state index contributed by atoms with van der Waals surface area (Å²) >= 11 is 0. The first-order valence-electron chi connectivity index (χ1n) is 6.78. The zero-order chi connectivity index (χ0) is 15.0. The number of nitrogens with one attached hydrogen (secondary N) is 1. The fraction of sp³-hybridized carbons (Fsp3) is 0.375. The zero-order valence-corrected chi connectivity index (χ0v) is 12.3.